The van der Waals surface area contributed by atoms with E-state index in [-0.39, 0.29) is 23.2 Å². The molecule has 2 heterocycles. The number of fused-ring (bicyclic) bond motifs is 6. The minimum atomic E-state index is -4.27. The van der Waals surface area contributed by atoms with Crippen LogP contribution in [-0.4, -0.2) is 37.4 Å². The largest absolute Gasteiger partial charge is 0.744 e. The lowest BCUT2D eigenvalue weighted by Gasteiger charge is -2.25. The Morgan fingerprint density at radius 1 is 0.764 bits per heavy atom. The molecule has 8 rings (SSSR count). The molecule has 55 heavy (non-hydrogen) atoms. The third-order valence-corrected chi connectivity index (χ3v) is 12.8. The summed E-state index contributed by atoms with van der Waals surface area (Å²) in [6, 6.07) is 32.3. The first-order valence-corrected chi connectivity index (χ1v) is 20.3. The minimum absolute atomic E-state index is 0. The Labute approximate surface area is 332 Å². The summed E-state index contributed by atoms with van der Waals surface area (Å²) >= 11 is 7.16. The van der Waals surface area contributed by atoms with Crippen LogP contribution < -0.4 is 4.90 Å². The van der Waals surface area contributed by atoms with E-state index in [1.165, 1.54) is 78.7 Å². The van der Waals surface area contributed by atoms with Crippen molar-refractivity contribution >= 4 is 60.4 Å². The second-order valence-electron chi connectivity index (χ2n) is 15.7. The highest BCUT2D eigenvalue weighted by Crippen LogP contribution is 2.50. The zero-order chi connectivity index (χ0) is 38.6. The molecule has 5 aromatic carbocycles. The van der Waals surface area contributed by atoms with Crippen molar-refractivity contribution < 1.29 is 17.5 Å². The Kier molecular flexibility index (Phi) is 10.9. The molecule has 0 saturated heterocycles. The van der Waals surface area contributed by atoms with Crippen molar-refractivity contribution in [3.8, 4) is 0 Å². The Morgan fingerprint density at radius 2 is 1.36 bits per heavy atom. The number of anilines is 1. The van der Waals surface area contributed by atoms with Gasteiger partial charge in [0.15, 0.2) is 5.71 Å². The van der Waals surface area contributed by atoms with Gasteiger partial charge in [0.05, 0.1) is 10.3 Å². The molecule has 0 atom stereocenters. The van der Waals surface area contributed by atoms with Gasteiger partial charge in [-0.3, -0.25) is 0 Å². The number of halogens is 1. The maximum absolute atomic E-state index is 10.4. The molecule has 0 spiro atoms. The zero-order valence-electron chi connectivity index (χ0n) is 32.1. The molecule has 0 bridgehead atoms. The topological polar surface area (TPSA) is 63.5 Å². The van der Waals surface area contributed by atoms with Gasteiger partial charge in [-0.2, -0.15) is 4.58 Å². The third-order valence-electron chi connectivity index (χ3n) is 11.4. The molecule has 1 aliphatic carbocycles. The second-order valence-corrected chi connectivity index (χ2v) is 17.4. The summed E-state index contributed by atoms with van der Waals surface area (Å²) in [5.41, 5.74) is 11.1. The summed E-state index contributed by atoms with van der Waals surface area (Å²) in [6.45, 7) is 11.2. The first-order valence-electron chi connectivity index (χ1n) is 18.5. The van der Waals surface area contributed by atoms with Crippen LogP contribution in [0.25, 0.3) is 21.5 Å². The molecule has 0 amide bonds. The number of likely N-dealkylation sites (N-methyl/N-ethyl adjacent to an activating group) is 1. The molecule has 3 aliphatic rings. The van der Waals surface area contributed by atoms with Gasteiger partial charge < -0.3 is 9.45 Å². The van der Waals surface area contributed by atoms with Crippen LogP contribution in [0.2, 0.25) is 0 Å². The molecule has 0 aromatic heterocycles. The van der Waals surface area contributed by atoms with Gasteiger partial charge >= 0.3 is 0 Å². The highest BCUT2D eigenvalue weighted by molar-refractivity contribution is 7.85. The van der Waals surface area contributed by atoms with E-state index in [9.17, 15) is 13.0 Å². The molecule has 5 nitrogen and oxygen atoms in total. The predicted octanol–water partition coefficient (Wildman–Crippen LogP) is 12.0. The number of allylic oxidation sites excluding steroid dienone is 8. The maximum Gasteiger partial charge on any atom is 0.210 e. The van der Waals surface area contributed by atoms with Gasteiger partial charge in [-0.25, -0.2) is 8.42 Å². The second kappa shape index (κ2) is 15.1. The summed E-state index contributed by atoms with van der Waals surface area (Å²) < 4.78 is 33.5. The minimum Gasteiger partial charge on any atom is -0.744 e. The number of nitrogens with zero attached hydrogens (tertiary/aromatic N) is 2. The van der Waals surface area contributed by atoms with Crippen molar-refractivity contribution in [2.24, 2.45) is 0 Å². The molecular formula is C48H51ClN2O3S. The lowest BCUT2D eigenvalue weighted by molar-refractivity contribution is -0.401. The van der Waals surface area contributed by atoms with Crippen LogP contribution in [0.15, 0.2) is 148 Å². The predicted molar refractivity (Wildman–Crippen MR) is 231 cm³/mol. The van der Waals surface area contributed by atoms with Gasteiger partial charge in [0.1, 0.15) is 17.2 Å². The Balaban J connectivity index is 0.000000371. The van der Waals surface area contributed by atoms with Crippen LogP contribution in [0.5, 0.6) is 0 Å². The standard InChI is InChI=1S/C40H40ClN2.C7H8O3S.CH4/c1-39(2)34(42(5)32-22-18-26-12-7-9-16-30(26)36(32)39)24-20-28-14-11-15-29(38(28)41)21-25-35-40(3,4)37-31-17-10-8-13-27(31)19-23-33(37)43(35)6;1-6-2-4-7(5-3-6)11(8,9)10;/h7-10,12-13,16-25H,11,14-15H2,1-6H3;2-5H,1H3,(H,8,9,10);1H4/q+1;;/p-1. The Bertz CT molecular complexity index is 2590. The first-order chi connectivity index (χ1) is 25.6. The van der Waals surface area contributed by atoms with E-state index in [1.54, 1.807) is 12.1 Å². The Hall–Kier alpha value is -4.75. The van der Waals surface area contributed by atoms with Crippen LogP contribution in [-0.2, 0) is 20.9 Å². The number of benzene rings is 5. The molecule has 0 radical (unpaired) electrons. The lowest BCUT2D eigenvalue weighted by atomic mass is 9.79. The van der Waals surface area contributed by atoms with Crippen molar-refractivity contribution in [3.05, 3.63) is 160 Å². The highest BCUT2D eigenvalue weighted by Gasteiger charge is 2.44. The fourth-order valence-corrected chi connectivity index (χ4v) is 9.44. The van der Waals surface area contributed by atoms with Crippen molar-refractivity contribution in [2.45, 2.75) is 77.0 Å². The summed E-state index contributed by atoms with van der Waals surface area (Å²) in [5, 5.41) is 6.17. The van der Waals surface area contributed by atoms with E-state index < -0.39 is 10.1 Å². The summed E-state index contributed by atoms with van der Waals surface area (Å²) in [7, 11) is 0.114. The molecular weight excluding hydrogens is 720 g/mol. The molecule has 0 fully saturated rings. The van der Waals surface area contributed by atoms with Crippen molar-refractivity contribution in [1.29, 1.82) is 0 Å². The summed E-state index contributed by atoms with van der Waals surface area (Å²) in [6.07, 6.45) is 12.3. The van der Waals surface area contributed by atoms with Gasteiger partial charge in [0.25, 0.3) is 0 Å². The first kappa shape index (κ1) is 39.9. The van der Waals surface area contributed by atoms with E-state index in [2.05, 4.69) is 148 Å². The highest BCUT2D eigenvalue weighted by atomic mass is 35.5. The molecule has 0 saturated carbocycles. The fraction of sp³-hybridized carbons (Fsp3) is 0.271. The van der Waals surface area contributed by atoms with Gasteiger partial charge in [0.2, 0.25) is 5.69 Å². The monoisotopic (exact) mass is 770 g/mol. The summed E-state index contributed by atoms with van der Waals surface area (Å²) in [5.74, 6) is 0. The van der Waals surface area contributed by atoms with Crippen molar-refractivity contribution in [3.63, 3.8) is 0 Å². The van der Waals surface area contributed by atoms with Gasteiger partial charge in [-0.05, 0) is 109 Å². The van der Waals surface area contributed by atoms with Crippen molar-refractivity contribution in [2.75, 3.05) is 19.0 Å². The van der Waals surface area contributed by atoms with E-state index in [4.69, 9.17) is 11.6 Å². The zero-order valence-corrected chi connectivity index (χ0v) is 33.6. The van der Waals surface area contributed by atoms with Gasteiger partial charge in [0, 0.05) is 46.6 Å². The lowest BCUT2D eigenvalue weighted by Crippen LogP contribution is -2.27. The average Bonchev–Trinajstić information content (AvgIpc) is 3.47. The molecule has 0 unspecified atom stereocenters. The van der Waals surface area contributed by atoms with Crippen LogP contribution in [0, 0.1) is 6.92 Å². The van der Waals surface area contributed by atoms with Crippen molar-refractivity contribution in [1.82, 2.24) is 0 Å². The van der Waals surface area contributed by atoms with Crippen LogP contribution in [0.1, 0.15) is 71.1 Å². The van der Waals surface area contributed by atoms with Crippen LogP contribution >= 0.6 is 11.6 Å². The molecule has 284 valence electrons. The van der Waals surface area contributed by atoms with Crippen LogP contribution in [0.3, 0.4) is 0 Å². The SMILES string of the molecule is C.CN1C(=CC=C2CCCC(C=CC3=[N+](C)c4ccc5ccccc5c4C3(C)C)=C2Cl)C(C)(C)c2c1ccc1ccccc21.Cc1ccc(S(=O)(=O)[O-])cc1. The molecule has 0 N–H and O–H groups in total. The normalized spacial score (nSPS) is 18.9. The summed E-state index contributed by atoms with van der Waals surface area (Å²) in [4.78, 5) is 2.18. The van der Waals surface area contributed by atoms with Crippen LogP contribution in [0.4, 0.5) is 11.4 Å². The maximum atomic E-state index is 10.4. The average molecular weight is 771 g/mol. The third kappa shape index (κ3) is 7.24. The quantitative estimate of drug-likeness (QED) is 0.135. The van der Waals surface area contributed by atoms with E-state index >= 15 is 0 Å². The number of hydrogen-bond donors (Lipinski definition) is 0. The smallest absolute Gasteiger partial charge is 0.210 e. The number of rotatable bonds is 4. The fourth-order valence-electron chi connectivity index (χ4n) is 8.66. The molecule has 2 aliphatic heterocycles. The van der Waals surface area contributed by atoms with E-state index in [0.29, 0.717) is 0 Å². The van der Waals surface area contributed by atoms with E-state index in [1.807, 2.05) is 6.92 Å². The number of hydrogen-bond acceptors (Lipinski definition) is 4. The Morgan fingerprint density at radius 3 is 2.00 bits per heavy atom. The number of aryl methyl sites for hydroxylation is 1. The molecule has 5 aromatic rings. The van der Waals surface area contributed by atoms with Gasteiger partial charge in [-0.1, -0.05) is 117 Å². The van der Waals surface area contributed by atoms with E-state index in [0.717, 1.165) is 29.9 Å². The van der Waals surface area contributed by atoms with Gasteiger partial charge in [-0.15, -0.1) is 0 Å². The molecule has 7 heteroatoms.